The van der Waals surface area contributed by atoms with E-state index < -0.39 is 0 Å². The number of hydrogen-bond donors (Lipinski definition) is 0. The second-order valence-electron chi connectivity index (χ2n) is 2.64. The second kappa shape index (κ2) is 2.85. The third-order valence-electron chi connectivity index (χ3n) is 1.75. The van der Waals surface area contributed by atoms with E-state index >= 15 is 0 Å². The first-order valence-electron chi connectivity index (χ1n) is 3.79. The summed E-state index contributed by atoms with van der Waals surface area (Å²) in [6.45, 7) is 0. The smallest absolute Gasteiger partial charge is 0.293 e. The Morgan fingerprint density at radius 1 is 1.31 bits per heavy atom. The van der Waals surface area contributed by atoms with Crippen LogP contribution in [-0.4, -0.2) is 19.1 Å². The van der Waals surface area contributed by atoms with Gasteiger partial charge >= 0.3 is 0 Å². The Balaban J connectivity index is 2.66. The number of rotatable bonds is 1. The van der Waals surface area contributed by atoms with Gasteiger partial charge in [0.2, 0.25) is 5.82 Å². The average molecular weight is 176 g/mol. The highest BCUT2D eigenvalue weighted by Crippen LogP contribution is 1.94. The minimum atomic E-state index is -0.138. The van der Waals surface area contributed by atoms with E-state index in [0.29, 0.717) is 5.82 Å². The van der Waals surface area contributed by atoms with Gasteiger partial charge in [-0.15, -0.1) is 0 Å². The zero-order chi connectivity index (χ0) is 9.26. The zero-order valence-corrected chi connectivity index (χ0v) is 7.08. The summed E-state index contributed by atoms with van der Waals surface area (Å²) in [6.07, 6.45) is 8.03. The SMILES string of the molecule is Cn1ccnc(-n2ccnc2)c1=O. The normalized spacial score (nSPS) is 10.2. The molecule has 13 heavy (non-hydrogen) atoms. The summed E-state index contributed by atoms with van der Waals surface area (Å²) in [4.78, 5) is 19.3. The fraction of sp³-hybridized carbons (Fsp3) is 0.125. The first-order chi connectivity index (χ1) is 6.29. The van der Waals surface area contributed by atoms with Crippen molar-refractivity contribution < 1.29 is 0 Å². The van der Waals surface area contributed by atoms with Gasteiger partial charge in [0.15, 0.2) is 0 Å². The highest BCUT2D eigenvalue weighted by Gasteiger charge is 2.02. The molecule has 0 bridgehead atoms. The Bertz CT molecular complexity index is 457. The summed E-state index contributed by atoms with van der Waals surface area (Å²) in [7, 11) is 1.68. The molecular formula is C8H8N4O. The van der Waals surface area contributed by atoms with E-state index in [1.165, 1.54) is 4.57 Å². The molecule has 5 nitrogen and oxygen atoms in total. The lowest BCUT2D eigenvalue weighted by molar-refractivity contribution is 0.807. The Kier molecular flexibility index (Phi) is 1.70. The summed E-state index contributed by atoms with van der Waals surface area (Å²) in [5.41, 5.74) is -0.138. The lowest BCUT2D eigenvalue weighted by Gasteiger charge is -2.01. The molecule has 0 atom stereocenters. The van der Waals surface area contributed by atoms with Crippen LogP contribution >= 0.6 is 0 Å². The van der Waals surface area contributed by atoms with Crippen LogP contribution in [0.4, 0.5) is 0 Å². The largest absolute Gasteiger partial charge is 0.314 e. The number of aromatic nitrogens is 4. The molecule has 0 aromatic carbocycles. The Hall–Kier alpha value is -1.91. The molecule has 0 saturated heterocycles. The molecule has 0 N–H and O–H groups in total. The van der Waals surface area contributed by atoms with Crippen molar-refractivity contribution in [1.82, 2.24) is 19.1 Å². The topological polar surface area (TPSA) is 52.7 Å². The fourth-order valence-corrected chi connectivity index (χ4v) is 1.05. The van der Waals surface area contributed by atoms with Crippen LogP contribution in [0.2, 0.25) is 0 Å². The molecule has 2 rings (SSSR count). The molecule has 0 unspecified atom stereocenters. The van der Waals surface area contributed by atoms with Crippen molar-refractivity contribution in [3.8, 4) is 5.82 Å². The van der Waals surface area contributed by atoms with E-state index in [4.69, 9.17) is 0 Å². The van der Waals surface area contributed by atoms with Gasteiger partial charge in [-0.1, -0.05) is 0 Å². The van der Waals surface area contributed by atoms with Crippen LogP contribution in [0.5, 0.6) is 0 Å². The third-order valence-corrected chi connectivity index (χ3v) is 1.75. The van der Waals surface area contributed by atoms with Crippen LogP contribution in [0.3, 0.4) is 0 Å². The minimum Gasteiger partial charge on any atom is -0.314 e. The highest BCUT2D eigenvalue weighted by atomic mass is 16.1. The van der Waals surface area contributed by atoms with Crippen LogP contribution in [0, 0.1) is 0 Å². The number of imidazole rings is 1. The second-order valence-corrected chi connectivity index (χ2v) is 2.64. The summed E-state index contributed by atoms with van der Waals surface area (Å²) in [5.74, 6) is 0.363. The van der Waals surface area contributed by atoms with Crippen LogP contribution in [0.1, 0.15) is 0 Å². The molecule has 2 heterocycles. The van der Waals surface area contributed by atoms with Gasteiger partial charge in [0.05, 0.1) is 0 Å². The Labute approximate surface area is 74.3 Å². The Morgan fingerprint density at radius 3 is 2.85 bits per heavy atom. The van der Waals surface area contributed by atoms with Crippen LogP contribution < -0.4 is 5.56 Å². The molecule has 66 valence electrons. The van der Waals surface area contributed by atoms with Crippen molar-refractivity contribution in [2.45, 2.75) is 0 Å². The predicted octanol–water partition coefficient (Wildman–Crippen LogP) is -0.0340. The molecule has 0 aliphatic rings. The maximum absolute atomic E-state index is 11.5. The van der Waals surface area contributed by atoms with Gasteiger partial charge in [-0.05, 0) is 0 Å². The highest BCUT2D eigenvalue weighted by molar-refractivity contribution is 5.17. The molecule has 2 aromatic heterocycles. The number of hydrogen-bond acceptors (Lipinski definition) is 3. The van der Waals surface area contributed by atoms with Crippen molar-refractivity contribution in [2.75, 3.05) is 0 Å². The van der Waals surface area contributed by atoms with Gasteiger partial charge in [0.25, 0.3) is 5.56 Å². The fourth-order valence-electron chi connectivity index (χ4n) is 1.05. The van der Waals surface area contributed by atoms with Crippen LogP contribution in [0.15, 0.2) is 35.9 Å². The van der Waals surface area contributed by atoms with Crippen molar-refractivity contribution in [1.29, 1.82) is 0 Å². The Morgan fingerprint density at radius 2 is 2.15 bits per heavy atom. The number of nitrogens with zero attached hydrogens (tertiary/aromatic N) is 4. The molecule has 2 aromatic rings. The average Bonchev–Trinajstić information content (AvgIpc) is 2.62. The summed E-state index contributed by atoms with van der Waals surface area (Å²) >= 11 is 0. The van der Waals surface area contributed by atoms with Gasteiger partial charge < -0.3 is 4.57 Å². The third kappa shape index (κ3) is 1.24. The van der Waals surface area contributed by atoms with Crippen molar-refractivity contribution in [2.24, 2.45) is 7.05 Å². The van der Waals surface area contributed by atoms with E-state index in [2.05, 4.69) is 9.97 Å². The maximum Gasteiger partial charge on any atom is 0.293 e. The lowest BCUT2D eigenvalue weighted by atomic mass is 10.6. The molecule has 5 heteroatoms. The summed E-state index contributed by atoms with van der Waals surface area (Å²) in [6, 6.07) is 0. The molecule has 0 spiro atoms. The minimum absolute atomic E-state index is 0.138. The van der Waals surface area contributed by atoms with Gasteiger partial charge in [0.1, 0.15) is 6.33 Å². The first kappa shape index (κ1) is 7.72. The van der Waals surface area contributed by atoms with Gasteiger partial charge in [-0.3, -0.25) is 9.36 Å². The van der Waals surface area contributed by atoms with Gasteiger partial charge in [0, 0.05) is 31.8 Å². The zero-order valence-electron chi connectivity index (χ0n) is 7.08. The van der Waals surface area contributed by atoms with Crippen LogP contribution in [0.25, 0.3) is 5.82 Å². The van der Waals surface area contributed by atoms with E-state index in [1.54, 1.807) is 42.7 Å². The molecule has 0 saturated carbocycles. The van der Waals surface area contributed by atoms with Crippen molar-refractivity contribution in [3.05, 3.63) is 41.5 Å². The quantitative estimate of drug-likeness (QED) is 0.613. The molecule has 0 aliphatic heterocycles. The maximum atomic E-state index is 11.5. The van der Waals surface area contributed by atoms with E-state index in [-0.39, 0.29) is 5.56 Å². The summed E-state index contributed by atoms with van der Waals surface area (Å²) < 4.78 is 3.06. The molecule has 0 radical (unpaired) electrons. The standard InChI is InChI=1S/C8H8N4O/c1-11-4-3-10-7(8(11)13)12-5-2-9-6-12/h2-6H,1H3. The van der Waals surface area contributed by atoms with Gasteiger partial charge in [-0.25, -0.2) is 9.97 Å². The lowest BCUT2D eigenvalue weighted by Crippen LogP contribution is -2.22. The van der Waals surface area contributed by atoms with Gasteiger partial charge in [-0.2, -0.15) is 0 Å². The van der Waals surface area contributed by atoms with E-state index in [9.17, 15) is 4.79 Å². The monoisotopic (exact) mass is 176 g/mol. The molecule has 0 amide bonds. The predicted molar refractivity (Wildman–Crippen MR) is 46.6 cm³/mol. The van der Waals surface area contributed by atoms with E-state index in [0.717, 1.165) is 0 Å². The van der Waals surface area contributed by atoms with Crippen molar-refractivity contribution in [3.63, 3.8) is 0 Å². The number of aryl methyl sites for hydroxylation is 1. The molecular weight excluding hydrogens is 168 g/mol. The van der Waals surface area contributed by atoms with Crippen molar-refractivity contribution >= 4 is 0 Å². The summed E-state index contributed by atoms with van der Waals surface area (Å²) in [5, 5.41) is 0. The molecule has 0 aliphatic carbocycles. The molecule has 0 fully saturated rings. The van der Waals surface area contributed by atoms with E-state index in [1.807, 2.05) is 0 Å². The van der Waals surface area contributed by atoms with Crippen LogP contribution in [-0.2, 0) is 7.05 Å². The first-order valence-corrected chi connectivity index (χ1v) is 3.79.